The van der Waals surface area contributed by atoms with Crippen molar-refractivity contribution in [2.75, 3.05) is 13.1 Å². The molecule has 1 aliphatic rings. The van der Waals surface area contributed by atoms with E-state index in [0.29, 0.717) is 12.5 Å². The Bertz CT molecular complexity index is 481. The van der Waals surface area contributed by atoms with Crippen LogP contribution in [-0.2, 0) is 6.42 Å². The highest BCUT2D eigenvalue weighted by Gasteiger charge is 2.31. The van der Waals surface area contributed by atoms with E-state index in [4.69, 9.17) is 5.73 Å². The van der Waals surface area contributed by atoms with Crippen molar-refractivity contribution >= 4 is 42.1 Å². The van der Waals surface area contributed by atoms with Crippen LogP contribution >= 0.6 is 36.2 Å². The molecule has 1 saturated heterocycles. The van der Waals surface area contributed by atoms with Crippen LogP contribution in [0.25, 0.3) is 0 Å². The zero-order valence-electron chi connectivity index (χ0n) is 13.5. The molecule has 1 aromatic rings. The van der Waals surface area contributed by atoms with Gasteiger partial charge in [-0.3, -0.25) is 4.79 Å². The van der Waals surface area contributed by atoms with Gasteiger partial charge in [-0.15, -0.1) is 36.2 Å². The molecule has 7 heteroatoms. The first-order chi connectivity index (χ1) is 9.56. The summed E-state index contributed by atoms with van der Waals surface area (Å²) in [5, 5.41) is 1.07. The van der Waals surface area contributed by atoms with Gasteiger partial charge < -0.3 is 10.6 Å². The van der Waals surface area contributed by atoms with Crippen LogP contribution in [0.3, 0.4) is 0 Å². The molecule has 2 rings (SSSR count). The fourth-order valence-corrected chi connectivity index (χ4v) is 3.97. The maximum absolute atomic E-state index is 12.8. The number of rotatable bonds is 4. The summed E-state index contributed by atoms with van der Waals surface area (Å²) in [4.78, 5) is 20.1. The zero-order valence-corrected chi connectivity index (χ0v) is 16.0. The van der Waals surface area contributed by atoms with E-state index in [-0.39, 0.29) is 36.8 Å². The number of nitrogens with zero attached hydrogens (tertiary/aromatic N) is 2. The lowest BCUT2D eigenvalue weighted by Crippen LogP contribution is -2.49. The second kappa shape index (κ2) is 9.71. The predicted molar refractivity (Wildman–Crippen MR) is 97.6 cm³/mol. The lowest BCUT2D eigenvalue weighted by atomic mass is 9.92. The van der Waals surface area contributed by atoms with E-state index in [1.807, 2.05) is 11.8 Å². The van der Waals surface area contributed by atoms with Crippen molar-refractivity contribution in [3.8, 4) is 0 Å². The number of aromatic nitrogens is 1. The fourth-order valence-electron chi connectivity index (χ4n) is 2.84. The summed E-state index contributed by atoms with van der Waals surface area (Å²) in [6.45, 7) is 7.68. The third kappa shape index (κ3) is 4.82. The SMILES string of the molecule is CCCc1nc(C)c(C(=O)N2CCC(C)CC2CN)s1.Cl.Cl. The minimum atomic E-state index is 0. The van der Waals surface area contributed by atoms with Crippen molar-refractivity contribution < 1.29 is 4.79 Å². The molecule has 0 radical (unpaired) electrons. The van der Waals surface area contributed by atoms with E-state index in [9.17, 15) is 4.79 Å². The molecule has 2 unspecified atom stereocenters. The smallest absolute Gasteiger partial charge is 0.266 e. The minimum Gasteiger partial charge on any atom is -0.334 e. The largest absolute Gasteiger partial charge is 0.334 e. The quantitative estimate of drug-likeness (QED) is 0.886. The van der Waals surface area contributed by atoms with Crippen molar-refractivity contribution in [3.05, 3.63) is 15.6 Å². The Hall–Kier alpha value is -0.360. The van der Waals surface area contributed by atoms with Gasteiger partial charge in [0.15, 0.2) is 0 Å². The minimum absolute atomic E-state index is 0. The van der Waals surface area contributed by atoms with Crippen LogP contribution in [0.5, 0.6) is 0 Å². The van der Waals surface area contributed by atoms with Gasteiger partial charge in [0.05, 0.1) is 10.7 Å². The lowest BCUT2D eigenvalue weighted by molar-refractivity contribution is 0.0577. The second-order valence-electron chi connectivity index (χ2n) is 5.79. The number of halogens is 2. The monoisotopic (exact) mass is 367 g/mol. The molecule has 4 nitrogen and oxygen atoms in total. The number of carbonyl (C=O) groups excluding carboxylic acids is 1. The molecular formula is C15H27Cl2N3OS. The summed E-state index contributed by atoms with van der Waals surface area (Å²) < 4.78 is 0. The molecule has 128 valence electrons. The fraction of sp³-hybridized carbons (Fsp3) is 0.733. The van der Waals surface area contributed by atoms with Gasteiger partial charge in [-0.1, -0.05) is 13.8 Å². The number of hydrogen-bond donors (Lipinski definition) is 1. The molecule has 1 aliphatic heterocycles. The van der Waals surface area contributed by atoms with Gasteiger partial charge in [0.25, 0.3) is 5.91 Å². The van der Waals surface area contributed by atoms with E-state index in [1.165, 1.54) is 0 Å². The normalized spacial score (nSPS) is 21.0. The molecule has 0 bridgehead atoms. The molecule has 1 fully saturated rings. The molecule has 1 aromatic heterocycles. The Labute approximate surface area is 149 Å². The summed E-state index contributed by atoms with van der Waals surface area (Å²) in [6.07, 6.45) is 4.10. The van der Waals surface area contributed by atoms with E-state index >= 15 is 0 Å². The van der Waals surface area contributed by atoms with Crippen LogP contribution in [0.4, 0.5) is 0 Å². The highest BCUT2D eigenvalue weighted by Crippen LogP contribution is 2.27. The van der Waals surface area contributed by atoms with Gasteiger partial charge in [0.2, 0.25) is 0 Å². The number of thiazole rings is 1. The number of nitrogens with two attached hydrogens (primary N) is 1. The van der Waals surface area contributed by atoms with Gasteiger partial charge in [-0.2, -0.15) is 0 Å². The average Bonchev–Trinajstić information content (AvgIpc) is 2.79. The van der Waals surface area contributed by atoms with E-state index in [0.717, 1.165) is 47.8 Å². The average molecular weight is 368 g/mol. The van der Waals surface area contributed by atoms with Crippen LogP contribution < -0.4 is 5.73 Å². The number of hydrogen-bond acceptors (Lipinski definition) is 4. The topological polar surface area (TPSA) is 59.2 Å². The Kier molecular flexibility index (Phi) is 9.55. The molecule has 0 aliphatic carbocycles. The molecule has 2 atom stereocenters. The van der Waals surface area contributed by atoms with Crippen LogP contribution in [-0.4, -0.2) is 34.9 Å². The Morgan fingerprint density at radius 1 is 1.45 bits per heavy atom. The molecule has 0 saturated carbocycles. The molecule has 2 N–H and O–H groups in total. The van der Waals surface area contributed by atoms with Crippen LogP contribution in [0.1, 0.15) is 53.5 Å². The summed E-state index contributed by atoms with van der Waals surface area (Å²) in [7, 11) is 0. The summed E-state index contributed by atoms with van der Waals surface area (Å²) >= 11 is 1.56. The Morgan fingerprint density at radius 3 is 2.73 bits per heavy atom. The van der Waals surface area contributed by atoms with Crippen molar-refractivity contribution in [2.24, 2.45) is 11.7 Å². The van der Waals surface area contributed by atoms with Gasteiger partial charge >= 0.3 is 0 Å². The first-order valence-electron chi connectivity index (χ1n) is 7.54. The summed E-state index contributed by atoms with van der Waals surface area (Å²) in [5.74, 6) is 0.788. The predicted octanol–water partition coefficient (Wildman–Crippen LogP) is 3.45. The second-order valence-corrected chi connectivity index (χ2v) is 6.87. The molecular weight excluding hydrogens is 341 g/mol. The van der Waals surface area contributed by atoms with Gasteiger partial charge in [0.1, 0.15) is 4.88 Å². The van der Waals surface area contributed by atoms with Crippen molar-refractivity contribution in [1.29, 1.82) is 0 Å². The van der Waals surface area contributed by atoms with Crippen LogP contribution in [0.15, 0.2) is 0 Å². The Balaban J connectivity index is 0.00000220. The van der Waals surface area contributed by atoms with Crippen molar-refractivity contribution in [2.45, 2.75) is 52.5 Å². The van der Waals surface area contributed by atoms with Gasteiger partial charge in [-0.25, -0.2) is 4.98 Å². The van der Waals surface area contributed by atoms with Gasteiger partial charge in [-0.05, 0) is 38.5 Å². The highest BCUT2D eigenvalue weighted by atomic mass is 35.5. The van der Waals surface area contributed by atoms with E-state index in [2.05, 4.69) is 18.8 Å². The van der Waals surface area contributed by atoms with Crippen molar-refractivity contribution in [3.63, 3.8) is 0 Å². The van der Waals surface area contributed by atoms with E-state index < -0.39 is 0 Å². The van der Waals surface area contributed by atoms with Crippen LogP contribution in [0, 0.1) is 12.8 Å². The maximum Gasteiger partial charge on any atom is 0.266 e. The molecule has 2 heterocycles. The third-order valence-corrected chi connectivity index (χ3v) is 5.22. The molecule has 0 spiro atoms. The lowest BCUT2D eigenvalue weighted by Gasteiger charge is -2.37. The molecule has 1 amide bonds. The zero-order chi connectivity index (χ0) is 14.7. The first kappa shape index (κ1) is 21.6. The van der Waals surface area contributed by atoms with E-state index in [1.54, 1.807) is 11.3 Å². The number of carbonyl (C=O) groups is 1. The number of amides is 1. The third-order valence-electron chi connectivity index (χ3n) is 4.01. The highest BCUT2D eigenvalue weighted by molar-refractivity contribution is 7.13. The summed E-state index contributed by atoms with van der Waals surface area (Å²) in [6, 6.07) is 0.183. The standard InChI is InChI=1S/C15H25N3OS.2ClH/c1-4-5-13-17-11(3)14(20-13)15(19)18-7-6-10(2)8-12(18)9-16;;/h10,12H,4-9,16H2,1-3H3;2*1H. The molecule has 0 aromatic carbocycles. The maximum atomic E-state index is 12.8. The summed E-state index contributed by atoms with van der Waals surface area (Å²) in [5.41, 5.74) is 6.73. The van der Waals surface area contributed by atoms with Crippen molar-refractivity contribution in [1.82, 2.24) is 9.88 Å². The number of aryl methyl sites for hydroxylation is 2. The van der Waals surface area contributed by atoms with Gasteiger partial charge in [0, 0.05) is 19.1 Å². The number of likely N-dealkylation sites (tertiary alicyclic amines) is 1. The Morgan fingerprint density at radius 2 is 2.14 bits per heavy atom. The first-order valence-corrected chi connectivity index (χ1v) is 8.35. The van der Waals surface area contributed by atoms with Crippen LogP contribution in [0.2, 0.25) is 0 Å². The number of piperidine rings is 1. The molecule has 22 heavy (non-hydrogen) atoms.